The van der Waals surface area contributed by atoms with Gasteiger partial charge < -0.3 is 5.11 Å². The molecule has 2 rings (SSSR count). The first-order chi connectivity index (χ1) is 9.56. The highest BCUT2D eigenvalue weighted by Crippen LogP contribution is 2.20. The molecule has 0 heterocycles. The Morgan fingerprint density at radius 1 is 1.20 bits per heavy atom. The molecule has 4 nitrogen and oxygen atoms in total. The molecule has 2 aromatic rings. The van der Waals surface area contributed by atoms with Crippen LogP contribution in [0, 0.1) is 0 Å². The number of nitrogens with one attached hydrogen (secondary N) is 1. The summed E-state index contributed by atoms with van der Waals surface area (Å²) in [6.07, 6.45) is 1.42. The Morgan fingerprint density at radius 2 is 2.00 bits per heavy atom. The zero-order valence-corrected chi connectivity index (χ0v) is 11.7. The lowest BCUT2D eigenvalue weighted by Crippen LogP contribution is -2.17. The molecule has 0 saturated heterocycles. The fourth-order valence-corrected chi connectivity index (χ4v) is 2.00. The van der Waals surface area contributed by atoms with E-state index in [1.54, 1.807) is 24.3 Å². The van der Waals surface area contributed by atoms with E-state index < -0.39 is 5.91 Å². The van der Waals surface area contributed by atoms with Crippen LogP contribution in [-0.2, 0) is 0 Å². The fourth-order valence-electron chi connectivity index (χ4n) is 1.50. The molecule has 0 aliphatic carbocycles. The van der Waals surface area contributed by atoms with Crippen molar-refractivity contribution in [3.8, 4) is 5.75 Å². The van der Waals surface area contributed by atoms with Gasteiger partial charge in [0.1, 0.15) is 5.75 Å². The van der Waals surface area contributed by atoms with Crippen molar-refractivity contribution in [2.75, 3.05) is 0 Å². The lowest BCUT2D eigenvalue weighted by molar-refractivity contribution is 0.0955. The molecular formula is C14H10Cl2N2O2. The Labute approximate surface area is 125 Å². The Morgan fingerprint density at radius 3 is 2.70 bits per heavy atom. The summed E-state index contributed by atoms with van der Waals surface area (Å²) in [6, 6.07) is 11.1. The Balaban J connectivity index is 2.05. The molecule has 2 N–H and O–H groups in total. The summed E-state index contributed by atoms with van der Waals surface area (Å²) in [5.74, 6) is -0.316. The number of carbonyl (C=O) groups is 1. The van der Waals surface area contributed by atoms with Gasteiger partial charge in [-0.05, 0) is 35.9 Å². The molecule has 0 atom stereocenters. The Kier molecular flexibility index (Phi) is 4.61. The smallest absolute Gasteiger partial charge is 0.272 e. The number of hydrogen-bond acceptors (Lipinski definition) is 3. The second kappa shape index (κ2) is 6.41. The van der Waals surface area contributed by atoms with Gasteiger partial charge in [0, 0.05) is 5.02 Å². The van der Waals surface area contributed by atoms with Gasteiger partial charge in [-0.3, -0.25) is 4.79 Å². The van der Waals surface area contributed by atoms with E-state index in [-0.39, 0.29) is 16.3 Å². The van der Waals surface area contributed by atoms with Crippen LogP contribution in [-0.4, -0.2) is 17.2 Å². The van der Waals surface area contributed by atoms with Crippen LogP contribution in [0.5, 0.6) is 5.75 Å². The maximum Gasteiger partial charge on any atom is 0.272 e. The van der Waals surface area contributed by atoms with Crippen LogP contribution in [0.3, 0.4) is 0 Å². The van der Waals surface area contributed by atoms with Gasteiger partial charge in [0.2, 0.25) is 0 Å². The molecule has 6 heteroatoms. The molecule has 0 aliphatic rings. The second-order valence-corrected chi connectivity index (χ2v) is 4.76. The van der Waals surface area contributed by atoms with Gasteiger partial charge in [0.05, 0.1) is 16.8 Å². The Bertz CT molecular complexity index is 672. The minimum Gasteiger partial charge on any atom is -0.508 e. The highest BCUT2D eigenvalue weighted by Gasteiger charge is 2.09. The van der Waals surface area contributed by atoms with Gasteiger partial charge in [0.25, 0.3) is 5.91 Å². The predicted molar refractivity (Wildman–Crippen MR) is 79.6 cm³/mol. The summed E-state index contributed by atoms with van der Waals surface area (Å²) >= 11 is 11.7. The maximum absolute atomic E-state index is 11.8. The Hall–Kier alpha value is -2.04. The highest BCUT2D eigenvalue weighted by atomic mass is 35.5. The van der Waals surface area contributed by atoms with Gasteiger partial charge in [-0.25, -0.2) is 5.43 Å². The van der Waals surface area contributed by atoms with Crippen LogP contribution in [0.15, 0.2) is 47.6 Å². The molecule has 0 unspecified atom stereocenters. The van der Waals surface area contributed by atoms with E-state index >= 15 is 0 Å². The summed E-state index contributed by atoms with van der Waals surface area (Å²) in [5, 5.41) is 13.8. The van der Waals surface area contributed by atoms with Crippen molar-refractivity contribution in [3.05, 3.63) is 63.6 Å². The number of carbonyl (C=O) groups excluding carboxylic acids is 1. The van der Waals surface area contributed by atoms with Crippen LogP contribution >= 0.6 is 23.2 Å². The zero-order chi connectivity index (χ0) is 14.5. The molecule has 0 saturated carbocycles. The third-order valence-corrected chi connectivity index (χ3v) is 2.97. The van der Waals surface area contributed by atoms with Crippen molar-refractivity contribution >= 4 is 35.3 Å². The van der Waals surface area contributed by atoms with E-state index in [1.165, 1.54) is 24.4 Å². The van der Waals surface area contributed by atoms with E-state index in [9.17, 15) is 9.90 Å². The first kappa shape index (κ1) is 14.4. The number of nitrogens with zero attached hydrogens (tertiary/aromatic N) is 1. The van der Waals surface area contributed by atoms with E-state index in [0.717, 1.165) is 0 Å². The maximum atomic E-state index is 11.8. The van der Waals surface area contributed by atoms with Crippen LogP contribution in [0.1, 0.15) is 15.9 Å². The molecule has 0 spiro atoms. The number of aromatic hydroxyl groups is 1. The van der Waals surface area contributed by atoms with Crippen molar-refractivity contribution in [2.45, 2.75) is 0 Å². The van der Waals surface area contributed by atoms with Gasteiger partial charge >= 0.3 is 0 Å². The standard InChI is InChI=1S/C14H10Cl2N2O2/c15-10-4-5-12(13(16)7-10)14(20)18-17-8-9-2-1-3-11(19)6-9/h1-8,19H,(H,18,20). The minimum atomic E-state index is -0.442. The number of amides is 1. The minimum absolute atomic E-state index is 0.126. The number of benzene rings is 2. The molecule has 0 bridgehead atoms. The summed E-state index contributed by atoms with van der Waals surface area (Å²) in [5.41, 5.74) is 3.29. The third kappa shape index (κ3) is 3.73. The SMILES string of the molecule is O=C(NN=Cc1cccc(O)c1)c1ccc(Cl)cc1Cl. The van der Waals surface area contributed by atoms with Gasteiger partial charge in [-0.1, -0.05) is 35.3 Å². The second-order valence-electron chi connectivity index (χ2n) is 3.92. The van der Waals surface area contributed by atoms with Crippen molar-refractivity contribution in [3.63, 3.8) is 0 Å². The largest absolute Gasteiger partial charge is 0.508 e. The van der Waals surface area contributed by atoms with Crippen molar-refractivity contribution in [1.29, 1.82) is 0 Å². The predicted octanol–water partition coefficient (Wildman–Crippen LogP) is 3.46. The van der Waals surface area contributed by atoms with Gasteiger partial charge in [-0.2, -0.15) is 5.10 Å². The normalized spacial score (nSPS) is 10.7. The lowest BCUT2D eigenvalue weighted by atomic mass is 10.2. The molecule has 1 amide bonds. The number of phenols is 1. The monoisotopic (exact) mass is 308 g/mol. The highest BCUT2D eigenvalue weighted by molar-refractivity contribution is 6.36. The van der Waals surface area contributed by atoms with Crippen molar-refractivity contribution in [1.82, 2.24) is 5.43 Å². The summed E-state index contributed by atoms with van der Waals surface area (Å²) in [7, 11) is 0. The number of halogens is 2. The van der Waals surface area contributed by atoms with Crippen molar-refractivity contribution < 1.29 is 9.90 Å². The van der Waals surface area contributed by atoms with E-state index in [0.29, 0.717) is 10.6 Å². The molecule has 0 radical (unpaired) electrons. The van der Waals surface area contributed by atoms with Crippen LogP contribution in [0.4, 0.5) is 0 Å². The first-order valence-corrected chi connectivity index (χ1v) is 6.39. The summed E-state index contributed by atoms with van der Waals surface area (Å²) < 4.78 is 0. The molecule has 0 fully saturated rings. The average Bonchev–Trinajstić information content (AvgIpc) is 2.38. The van der Waals surface area contributed by atoms with Crippen molar-refractivity contribution in [2.24, 2.45) is 5.10 Å². The quantitative estimate of drug-likeness (QED) is 0.674. The van der Waals surface area contributed by atoms with E-state index in [4.69, 9.17) is 23.2 Å². The van der Waals surface area contributed by atoms with Gasteiger partial charge in [-0.15, -0.1) is 0 Å². The van der Waals surface area contributed by atoms with Crippen LogP contribution in [0.2, 0.25) is 10.0 Å². The lowest BCUT2D eigenvalue weighted by Gasteiger charge is -2.02. The summed E-state index contributed by atoms with van der Waals surface area (Å²) in [4.78, 5) is 11.8. The third-order valence-electron chi connectivity index (χ3n) is 2.43. The number of rotatable bonds is 3. The first-order valence-electron chi connectivity index (χ1n) is 5.64. The van der Waals surface area contributed by atoms with Crippen LogP contribution < -0.4 is 5.43 Å². The topological polar surface area (TPSA) is 61.7 Å². The molecule has 0 aliphatic heterocycles. The average molecular weight is 309 g/mol. The summed E-state index contributed by atoms with van der Waals surface area (Å²) in [6.45, 7) is 0. The molecule has 20 heavy (non-hydrogen) atoms. The molecule has 0 aromatic heterocycles. The molecule has 2 aromatic carbocycles. The fraction of sp³-hybridized carbons (Fsp3) is 0. The number of hydrazone groups is 1. The van der Waals surface area contributed by atoms with E-state index in [2.05, 4.69) is 10.5 Å². The van der Waals surface area contributed by atoms with Gasteiger partial charge in [0.15, 0.2) is 0 Å². The zero-order valence-electron chi connectivity index (χ0n) is 10.2. The number of hydrogen-bond donors (Lipinski definition) is 2. The number of phenolic OH excluding ortho intramolecular Hbond substituents is 1. The molecule has 102 valence electrons. The van der Waals surface area contributed by atoms with Crippen LogP contribution in [0.25, 0.3) is 0 Å². The van der Waals surface area contributed by atoms with E-state index in [1.807, 2.05) is 0 Å². The molecular weight excluding hydrogens is 299 g/mol.